The molecule has 0 unspecified atom stereocenters. The Bertz CT molecular complexity index is 389. The van der Waals surface area contributed by atoms with Crippen LogP contribution in [0.3, 0.4) is 0 Å². The highest BCUT2D eigenvalue weighted by atomic mass is 16.6. The molecule has 1 aromatic rings. The van der Waals surface area contributed by atoms with Gasteiger partial charge in [-0.3, -0.25) is 19.7 Å². The third-order valence-electron chi connectivity index (χ3n) is 2.90. The molecule has 1 aliphatic carbocycles. The van der Waals surface area contributed by atoms with E-state index in [0.29, 0.717) is 19.1 Å². The van der Waals surface area contributed by atoms with Gasteiger partial charge in [0, 0.05) is 19.1 Å². The number of aliphatic hydroxyl groups excluding tert-OH is 1. The molecule has 0 radical (unpaired) electrons. The first kappa shape index (κ1) is 12.0. The van der Waals surface area contributed by atoms with Gasteiger partial charge in [0.05, 0.1) is 18.1 Å². The number of nitrogens with zero attached hydrogens (tertiary/aromatic N) is 4. The van der Waals surface area contributed by atoms with E-state index in [1.807, 2.05) is 0 Å². The third-order valence-corrected chi connectivity index (χ3v) is 2.90. The van der Waals surface area contributed by atoms with Crippen LogP contribution in [0.25, 0.3) is 0 Å². The van der Waals surface area contributed by atoms with Gasteiger partial charge in [-0.2, -0.15) is 5.10 Å². The molecule has 0 aromatic carbocycles. The van der Waals surface area contributed by atoms with E-state index in [9.17, 15) is 10.1 Å². The SMILES string of the molecule is O=[N+]([O-])c1cnn(CCN(CCO)C2CC2)c1. The smallest absolute Gasteiger partial charge is 0.306 e. The number of nitro groups is 1. The second-order valence-electron chi connectivity index (χ2n) is 4.21. The van der Waals surface area contributed by atoms with Crippen LogP contribution < -0.4 is 0 Å². The molecule has 0 amide bonds. The third kappa shape index (κ3) is 3.24. The molecule has 1 heterocycles. The Balaban J connectivity index is 1.84. The van der Waals surface area contributed by atoms with Crippen LogP contribution in [0.2, 0.25) is 0 Å². The van der Waals surface area contributed by atoms with Gasteiger partial charge < -0.3 is 5.11 Å². The van der Waals surface area contributed by atoms with Crippen LogP contribution in [0.1, 0.15) is 12.8 Å². The lowest BCUT2D eigenvalue weighted by molar-refractivity contribution is -0.385. The first-order chi connectivity index (χ1) is 8.20. The molecule has 0 atom stereocenters. The zero-order chi connectivity index (χ0) is 12.3. The molecule has 1 saturated carbocycles. The van der Waals surface area contributed by atoms with Gasteiger partial charge >= 0.3 is 5.69 Å². The molecule has 17 heavy (non-hydrogen) atoms. The summed E-state index contributed by atoms with van der Waals surface area (Å²) in [6.07, 6.45) is 5.05. The summed E-state index contributed by atoms with van der Waals surface area (Å²) in [5.74, 6) is 0. The van der Waals surface area contributed by atoms with Crippen molar-refractivity contribution in [1.29, 1.82) is 0 Å². The van der Waals surface area contributed by atoms with Crippen molar-refractivity contribution in [3.63, 3.8) is 0 Å². The second-order valence-corrected chi connectivity index (χ2v) is 4.21. The van der Waals surface area contributed by atoms with Gasteiger partial charge in [-0.25, -0.2) is 0 Å². The summed E-state index contributed by atoms with van der Waals surface area (Å²) in [7, 11) is 0. The predicted octanol–water partition coefficient (Wildman–Crippen LogP) is 0.248. The summed E-state index contributed by atoms with van der Waals surface area (Å²) in [4.78, 5) is 12.2. The summed E-state index contributed by atoms with van der Waals surface area (Å²) in [6.45, 7) is 2.19. The van der Waals surface area contributed by atoms with E-state index in [1.165, 1.54) is 25.2 Å². The Hall–Kier alpha value is -1.47. The maximum absolute atomic E-state index is 10.5. The molecule has 1 N–H and O–H groups in total. The topological polar surface area (TPSA) is 84.4 Å². The average molecular weight is 240 g/mol. The van der Waals surface area contributed by atoms with Crippen LogP contribution >= 0.6 is 0 Å². The zero-order valence-electron chi connectivity index (χ0n) is 9.53. The molecule has 0 aliphatic heterocycles. The molecule has 7 nitrogen and oxygen atoms in total. The van der Waals surface area contributed by atoms with Crippen molar-refractivity contribution in [3.8, 4) is 0 Å². The molecule has 2 rings (SSSR count). The van der Waals surface area contributed by atoms with Crippen molar-refractivity contribution >= 4 is 5.69 Å². The lowest BCUT2D eigenvalue weighted by Crippen LogP contribution is -2.32. The molecule has 7 heteroatoms. The highest BCUT2D eigenvalue weighted by molar-refractivity contribution is 5.20. The van der Waals surface area contributed by atoms with Crippen molar-refractivity contribution < 1.29 is 10.0 Å². The zero-order valence-corrected chi connectivity index (χ0v) is 9.53. The monoisotopic (exact) mass is 240 g/mol. The Morgan fingerprint density at radius 2 is 2.35 bits per heavy atom. The first-order valence-electron chi connectivity index (χ1n) is 5.72. The van der Waals surface area contributed by atoms with Crippen molar-refractivity contribution in [3.05, 3.63) is 22.5 Å². The van der Waals surface area contributed by atoms with Crippen molar-refractivity contribution in [2.45, 2.75) is 25.4 Å². The molecule has 1 aromatic heterocycles. The number of aromatic nitrogens is 2. The first-order valence-corrected chi connectivity index (χ1v) is 5.72. The summed E-state index contributed by atoms with van der Waals surface area (Å²) >= 11 is 0. The van der Waals surface area contributed by atoms with Crippen LogP contribution in [0, 0.1) is 10.1 Å². The summed E-state index contributed by atoms with van der Waals surface area (Å²) in [6, 6.07) is 0.577. The number of rotatable bonds is 7. The normalized spacial score (nSPS) is 15.4. The van der Waals surface area contributed by atoms with Gasteiger partial charge in [-0.1, -0.05) is 0 Å². The Morgan fingerprint density at radius 1 is 1.59 bits per heavy atom. The van der Waals surface area contributed by atoms with Gasteiger partial charge in [-0.05, 0) is 12.8 Å². The minimum atomic E-state index is -0.449. The predicted molar refractivity (Wildman–Crippen MR) is 60.6 cm³/mol. The molecular weight excluding hydrogens is 224 g/mol. The Labute approximate surface area is 98.8 Å². The second kappa shape index (κ2) is 5.24. The summed E-state index contributed by atoms with van der Waals surface area (Å²) in [5.41, 5.74) is 0.0186. The van der Waals surface area contributed by atoms with Crippen molar-refractivity contribution in [1.82, 2.24) is 14.7 Å². The van der Waals surface area contributed by atoms with Crippen LogP contribution in [0.4, 0.5) is 5.69 Å². The van der Waals surface area contributed by atoms with E-state index in [4.69, 9.17) is 5.11 Å². The lowest BCUT2D eigenvalue weighted by Gasteiger charge is -2.20. The fourth-order valence-corrected chi connectivity index (χ4v) is 1.85. The average Bonchev–Trinajstić information content (AvgIpc) is 3.02. The van der Waals surface area contributed by atoms with Gasteiger partial charge in [0.15, 0.2) is 0 Å². The number of hydrogen-bond acceptors (Lipinski definition) is 5. The van der Waals surface area contributed by atoms with Crippen molar-refractivity contribution in [2.24, 2.45) is 0 Å². The molecule has 0 spiro atoms. The van der Waals surface area contributed by atoms with Crippen molar-refractivity contribution in [2.75, 3.05) is 19.7 Å². The standard InChI is InChI=1S/C10H16N4O3/c15-6-5-12(9-1-2-9)3-4-13-8-10(7-11-13)14(16)17/h7-9,15H,1-6H2. The maximum atomic E-state index is 10.5. The highest BCUT2D eigenvalue weighted by Gasteiger charge is 2.28. The highest BCUT2D eigenvalue weighted by Crippen LogP contribution is 2.26. The largest absolute Gasteiger partial charge is 0.395 e. The number of hydrogen-bond donors (Lipinski definition) is 1. The fraction of sp³-hybridized carbons (Fsp3) is 0.700. The van der Waals surface area contributed by atoms with Crippen LogP contribution in [-0.2, 0) is 6.54 Å². The van der Waals surface area contributed by atoms with Crippen LogP contribution in [0.5, 0.6) is 0 Å². The lowest BCUT2D eigenvalue weighted by atomic mass is 10.4. The van der Waals surface area contributed by atoms with E-state index < -0.39 is 4.92 Å². The minimum Gasteiger partial charge on any atom is -0.395 e. The van der Waals surface area contributed by atoms with Gasteiger partial charge in [0.25, 0.3) is 0 Å². The van der Waals surface area contributed by atoms with E-state index >= 15 is 0 Å². The molecule has 1 aliphatic rings. The minimum absolute atomic E-state index is 0.0186. The summed E-state index contributed by atoms with van der Waals surface area (Å²) < 4.78 is 1.57. The molecule has 0 bridgehead atoms. The Kier molecular flexibility index (Phi) is 3.70. The summed E-state index contributed by atoms with van der Waals surface area (Å²) in [5, 5.41) is 23.4. The molecule has 94 valence electrons. The van der Waals surface area contributed by atoms with E-state index in [1.54, 1.807) is 4.68 Å². The quantitative estimate of drug-likeness (QED) is 0.545. The maximum Gasteiger partial charge on any atom is 0.306 e. The van der Waals surface area contributed by atoms with Gasteiger partial charge in [0.2, 0.25) is 0 Å². The Morgan fingerprint density at radius 3 is 2.88 bits per heavy atom. The van der Waals surface area contributed by atoms with E-state index in [0.717, 1.165) is 6.54 Å². The van der Waals surface area contributed by atoms with Crippen LogP contribution in [-0.4, -0.2) is 50.4 Å². The van der Waals surface area contributed by atoms with E-state index in [2.05, 4.69) is 10.00 Å². The molecule has 0 saturated heterocycles. The van der Waals surface area contributed by atoms with E-state index in [-0.39, 0.29) is 12.3 Å². The molecule has 1 fully saturated rings. The fourth-order valence-electron chi connectivity index (χ4n) is 1.85. The van der Waals surface area contributed by atoms with Crippen LogP contribution in [0.15, 0.2) is 12.4 Å². The number of aliphatic hydroxyl groups is 1. The van der Waals surface area contributed by atoms with Gasteiger partial charge in [-0.15, -0.1) is 0 Å². The van der Waals surface area contributed by atoms with Gasteiger partial charge in [0.1, 0.15) is 12.4 Å². The molecular formula is C10H16N4O3.